The Hall–Kier alpha value is -1.48. The number of nitrogens with one attached hydrogen (secondary N) is 2. The van der Waals surface area contributed by atoms with Gasteiger partial charge in [0, 0.05) is 24.8 Å². The van der Waals surface area contributed by atoms with Crippen molar-refractivity contribution in [1.29, 1.82) is 0 Å². The molecule has 0 unspecified atom stereocenters. The van der Waals surface area contributed by atoms with Crippen molar-refractivity contribution in [2.45, 2.75) is 63.8 Å². The minimum absolute atomic E-state index is 0.0898. The van der Waals surface area contributed by atoms with Gasteiger partial charge in [-0.1, -0.05) is 0 Å². The molecule has 2 rings (SSSR count). The molecule has 26 heavy (non-hydrogen) atoms. The summed E-state index contributed by atoms with van der Waals surface area (Å²) in [6.07, 6.45) is 0.180. The molecule has 1 amide bonds. The maximum Gasteiger partial charge on any atom is 0.241 e. The van der Waals surface area contributed by atoms with Gasteiger partial charge >= 0.3 is 0 Å². The third-order valence-corrected chi connectivity index (χ3v) is 5.87. The molecule has 1 aromatic rings. The molecule has 1 aliphatic heterocycles. The van der Waals surface area contributed by atoms with Crippen LogP contribution in [0.25, 0.3) is 0 Å². The third kappa shape index (κ3) is 5.51. The first-order valence-electron chi connectivity index (χ1n) is 8.91. The Balaban J connectivity index is 2.01. The smallest absolute Gasteiger partial charge is 0.241 e. The third-order valence-electron chi connectivity index (χ3n) is 4.20. The summed E-state index contributed by atoms with van der Waals surface area (Å²) in [6.45, 7) is 10.8. The topological polar surface area (TPSA) is 87.7 Å². The Kier molecular flexibility index (Phi) is 6.79. The summed E-state index contributed by atoms with van der Waals surface area (Å²) in [7, 11) is -3.54. The van der Waals surface area contributed by atoms with Crippen LogP contribution in [0, 0.1) is 0 Å². The molecule has 1 heterocycles. The molecule has 1 fully saturated rings. The summed E-state index contributed by atoms with van der Waals surface area (Å²) in [6, 6.07) is 5.70. The van der Waals surface area contributed by atoms with Gasteiger partial charge in [0.2, 0.25) is 15.9 Å². The van der Waals surface area contributed by atoms with Crippen molar-refractivity contribution in [1.82, 2.24) is 9.62 Å². The zero-order valence-electron chi connectivity index (χ0n) is 16.0. The molecule has 146 valence electrons. The van der Waals surface area contributed by atoms with Crippen LogP contribution in [0.15, 0.2) is 29.2 Å². The van der Waals surface area contributed by atoms with E-state index in [0.717, 1.165) is 0 Å². The average molecular weight is 384 g/mol. The van der Waals surface area contributed by atoms with Crippen molar-refractivity contribution < 1.29 is 17.9 Å². The first-order valence-corrected chi connectivity index (χ1v) is 10.4. The largest absolute Gasteiger partial charge is 0.373 e. The number of sulfonamides is 1. The molecular formula is C18H29N3O4S. The van der Waals surface area contributed by atoms with E-state index in [1.54, 1.807) is 26.0 Å². The van der Waals surface area contributed by atoms with Gasteiger partial charge in [-0.25, -0.2) is 13.1 Å². The minimum atomic E-state index is -3.54. The Bertz CT molecular complexity index is 708. The van der Waals surface area contributed by atoms with Gasteiger partial charge in [0.05, 0.1) is 23.1 Å². The molecule has 1 aliphatic rings. The van der Waals surface area contributed by atoms with Crippen molar-refractivity contribution in [3.8, 4) is 0 Å². The quantitative estimate of drug-likeness (QED) is 0.782. The Morgan fingerprint density at radius 3 is 2.15 bits per heavy atom. The minimum Gasteiger partial charge on any atom is -0.373 e. The highest BCUT2D eigenvalue weighted by Crippen LogP contribution is 2.17. The molecule has 1 saturated heterocycles. The lowest BCUT2D eigenvalue weighted by atomic mass is 10.1. The molecule has 7 nitrogen and oxygen atoms in total. The predicted molar refractivity (Wildman–Crippen MR) is 102 cm³/mol. The van der Waals surface area contributed by atoms with Crippen molar-refractivity contribution >= 4 is 21.6 Å². The fourth-order valence-electron chi connectivity index (χ4n) is 3.04. The summed E-state index contributed by atoms with van der Waals surface area (Å²) < 4.78 is 32.5. The van der Waals surface area contributed by atoms with Crippen LogP contribution >= 0.6 is 0 Å². The maximum atomic E-state index is 12.5. The van der Waals surface area contributed by atoms with Gasteiger partial charge < -0.3 is 10.1 Å². The van der Waals surface area contributed by atoms with E-state index in [4.69, 9.17) is 4.74 Å². The number of nitrogens with zero attached hydrogens (tertiary/aromatic N) is 1. The predicted octanol–water partition coefficient (Wildman–Crippen LogP) is 1.81. The number of hydrogen-bond acceptors (Lipinski definition) is 5. The Morgan fingerprint density at radius 2 is 1.65 bits per heavy atom. The van der Waals surface area contributed by atoms with Crippen LogP contribution in [0.5, 0.6) is 0 Å². The number of benzene rings is 1. The van der Waals surface area contributed by atoms with E-state index >= 15 is 0 Å². The zero-order chi connectivity index (χ0) is 19.5. The number of ether oxygens (including phenoxy) is 1. The van der Waals surface area contributed by atoms with Gasteiger partial charge in [-0.05, 0) is 58.9 Å². The fraction of sp³-hybridized carbons (Fsp3) is 0.611. The van der Waals surface area contributed by atoms with Gasteiger partial charge in [-0.2, -0.15) is 0 Å². The normalized spacial score (nSPS) is 23.0. The number of amides is 1. The fourth-order valence-corrected chi connectivity index (χ4v) is 4.29. The van der Waals surface area contributed by atoms with Gasteiger partial charge in [0.25, 0.3) is 0 Å². The molecule has 2 N–H and O–H groups in total. The van der Waals surface area contributed by atoms with Crippen molar-refractivity contribution in [2.24, 2.45) is 0 Å². The van der Waals surface area contributed by atoms with Gasteiger partial charge in [-0.15, -0.1) is 0 Å². The highest BCUT2D eigenvalue weighted by molar-refractivity contribution is 7.89. The van der Waals surface area contributed by atoms with Crippen LogP contribution in [0.3, 0.4) is 0 Å². The van der Waals surface area contributed by atoms with Gasteiger partial charge in [0.1, 0.15) is 0 Å². The Labute approximate surface area is 156 Å². The summed E-state index contributed by atoms with van der Waals surface area (Å²) in [5, 5.41) is 2.85. The number of hydrogen-bond donors (Lipinski definition) is 2. The van der Waals surface area contributed by atoms with Crippen LogP contribution in [0.1, 0.15) is 34.6 Å². The van der Waals surface area contributed by atoms with E-state index in [9.17, 15) is 13.2 Å². The van der Waals surface area contributed by atoms with E-state index < -0.39 is 10.0 Å². The molecule has 8 heteroatoms. The second-order valence-corrected chi connectivity index (χ2v) is 8.89. The van der Waals surface area contributed by atoms with E-state index in [-0.39, 0.29) is 35.1 Å². The molecule has 0 spiro atoms. The first-order chi connectivity index (χ1) is 12.1. The number of rotatable bonds is 6. The molecule has 0 radical (unpaired) electrons. The average Bonchev–Trinajstić information content (AvgIpc) is 2.52. The first kappa shape index (κ1) is 20.8. The van der Waals surface area contributed by atoms with E-state index in [0.29, 0.717) is 18.8 Å². The summed E-state index contributed by atoms with van der Waals surface area (Å²) in [5.41, 5.74) is 0.569. The molecular weight excluding hydrogens is 354 g/mol. The maximum absolute atomic E-state index is 12.5. The second kappa shape index (κ2) is 8.47. The highest BCUT2D eigenvalue weighted by atomic mass is 32.2. The zero-order valence-corrected chi connectivity index (χ0v) is 16.8. The van der Waals surface area contributed by atoms with Crippen LogP contribution in [-0.2, 0) is 19.6 Å². The monoisotopic (exact) mass is 383 g/mol. The molecule has 0 aliphatic carbocycles. The van der Waals surface area contributed by atoms with Crippen LogP contribution in [0.2, 0.25) is 0 Å². The van der Waals surface area contributed by atoms with Crippen LogP contribution < -0.4 is 10.0 Å². The molecule has 1 aromatic carbocycles. The van der Waals surface area contributed by atoms with E-state index in [1.807, 2.05) is 20.8 Å². The summed E-state index contributed by atoms with van der Waals surface area (Å²) >= 11 is 0. The second-order valence-electron chi connectivity index (χ2n) is 7.18. The van der Waals surface area contributed by atoms with Crippen LogP contribution in [0.4, 0.5) is 5.69 Å². The van der Waals surface area contributed by atoms with Crippen molar-refractivity contribution in [3.05, 3.63) is 24.3 Å². The van der Waals surface area contributed by atoms with Gasteiger partial charge in [-0.3, -0.25) is 9.69 Å². The highest BCUT2D eigenvalue weighted by Gasteiger charge is 2.29. The standard InChI is InChI=1S/C18H29N3O4S/c1-12(2)20-26(23,24)17-8-6-16(7-9-17)19-18(22)15(5)21-10-13(3)25-14(4)11-21/h6-9,12-15,20H,10-11H2,1-5H3,(H,19,22)/t13-,14-,15+/m1/s1. The molecule has 0 bridgehead atoms. The lowest BCUT2D eigenvalue weighted by Gasteiger charge is -2.38. The SMILES string of the molecule is CC(C)NS(=O)(=O)c1ccc(NC(=O)[C@H](C)N2C[C@@H](C)O[C@H](C)C2)cc1. The number of carbonyl (C=O) groups excluding carboxylic acids is 1. The lowest BCUT2D eigenvalue weighted by Crippen LogP contribution is -2.52. The Morgan fingerprint density at radius 1 is 1.12 bits per heavy atom. The van der Waals surface area contributed by atoms with E-state index in [1.165, 1.54) is 12.1 Å². The van der Waals surface area contributed by atoms with E-state index in [2.05, 4.69) is 14.9 Å². The number of carbonyl (C=O) groups is 1. The lowest BCUT2D eigenvalue weighted by molar-refractivity contribution is -0.126. The summed E-state index contributed by atoms with van der Waals surface area (Å²) in [4.78, 5) is 14.8. The van der Waals surface area contributed by atoms with Crippen molar-refractivity contribution in [2.75, 3.05) is 18.4 Å². The number of morpholine rings is 1. The summed E-state index contributed by atoms with van der Waals surface area (Å²) in [5.74, 6) is -0.123. The molecule has 3 atom stereocenters. The van der Waals surface area contributed by atoms with Gasteiger partial charge in [0.15, 0.2) is 0 Å². The molecule has 0 aromatic heterocycles. The number of anilines is 1. The van der Waals surface area contributed by atoms with Crippen molar-refractivity contribution in [3.63, 3.8) is 0 Å². The van der Waals surface area contributed by atoms with Crippen LogP contribution in [-0.4, -0.2) is 56.6 Å². The molecule has 0 saturated carbocycles.